The lowest BCUT2D eigenvalue weighted by Gasteiger charge is -2.24. The van der Waals surface area contributed by atoms with E-state index >= 15 is 0 Å². The van der Waals surface area contributed by atoms with E-state index in [-0.39, 0.29) is 25.5 Å². The van der Waals surface area contributed by atoms with Gasteiger partial charge in [0.2, 0.25) is 0 Å². The predicted molar refractivity (Wildman–Crippen MR) is 105 cm³/mol. The third-order valence-corrected chi connectivity index (χ3v) is 4.52. The van der Waals surface area contributed by atoms with Crippen molar-refractivity contribution in [2.75, 3.05) is 13.2 Å². The van der Waals surface area contributed by atoms with Gasteiger partial charge < -0.3 is 10.1 Å². The average molecular weight is 398 g/mol. The zero-order chi connectivity index (χ0) is 21.0. The van der Waals surface area contributed by atoms with E-state index in [0.29, 0.717) is 16.7 Å². The summed E-state index contributed by atoms with van der Waals surface area (Å²) in [5.74, 6) is -1.05. The van der Waals surface area contributed by atoms with Gasteiger partial charge in [-0.3, -0.25) is 14.5 Å². The highest BCUT2D eigenvalue weighted by Crippen LogP contribution is 2.23. The molecule has 0 spiro atoms. The third-order valence-electron chi connectivity index (χ3n) is 4.52. The first-order chi connectivity index (χ1) is 13.8. The molecule has 0 saturated carbocycles. The molecule has 7 heteroatoms. The van der Waals surface area contributed by atoms with Gasteiger partial charge in [-0.1, -0.05) is 38.1 Å². The summed E-state index contributed by atoms with van der Waals surface area (Å²) in [6.45, 7) is 4.03. The lowest BCUT2D eigenvalue weighted by molar-refractivity contribution is 0.0631. The first-order valence-electron chi connectivity index (χ1n) is 9.48. The van der Waals surface area contributed by atoms with E-state index in [4.69, 9.17) is 4.74 Å². The summed E-state index contributed by atoms with van der Waals surface area (Å²) in [5, 5.41) is 2.71. The summed E-state index contributed by atoms with van der Waals surface area (Å²) in [6.07, 6.45) is -0.404. The molecular weight excluding hydrogens is 375 g/mol. The fourth-order valence-electron chi connectivity index (χ4n) is 3.19. The van der Waals surface area contributed by atoms with Crippen molar-refractivity contribution in [1.82, 2.24) is 10.2 Å². The molecule has 1 aliphatic rings. The Bertz CT molecular complexity index is 894. The number of carbonyl (C=O) groups is 3. The van der Waals surface area contributed by atoms with Crippen LogP contribution in [0, 0.1) is 11.7 Å². The number of fused-ring (bicyclic) bond motifs is 1. The normalized spacial score (nSPS) is 14.1. The van der Waals surface area contributed by atoms with Gasteiger partial charge in [-0.25, -0.2) is 9.18 Å². The Morgan fingerprint density at radius 3 is 2.31 bits per heavy atom. The fourth-order valence-corrected chi connectivity index (χ4v) is 3.19. The van der Waals surface area contributed by atoms with Gasteiger partial charge in [-0.2, -0.15) is 0 Å². The number of nitrogens with one attached hydrogen (secondary N) is 1. The highest BCUT2D eigenvalue weighted by atomic mass is 19.1. The highest BCUT2D eigenvalue weighted by Gasteiger charge is 2.36. The quantitative estimate of drug-likeness (QED) is 0.725. The summed E-state index contributed by atoms with van der Waals surface area (Å²) in [6, 6.07) is 11.9. The minimum absolute atomic E-state index is 0.0420. The smallest absolute Gasteiger partial charge is 0.407 e. The van der Waals surface area contributed by atoms with Crippen molar-refractivity contribution in [1.29, 1.82) is 0 Å². The number of amides is 3. The maximum absolute atomic E-state index is 13.6. The van der Waals surface area contributed by atoms with Crippen molar-refractivity contribution in [2.24, 2.45) is 5.92 Å². The van der Waals surface area contributed by atoms with E-state index in [1.165, 1.54) is 12.1 Å². The molecule has 1 N–H and O–H groups in total. The van der Waals surface area contributed by atoms with Crippen LogP contribution in [-0.4, -0.2) is 42.0 Å². The van der Waals surface area contributed by atoms with Gasteiger partial charge >= 0.3 is 6.09 Å². The first kappa shape index (κ1) is 20.5. The largest absolute Gasteiger partial charge is 0.449 e. The van der Waals surface area contributed by atoms with Crippen LogP contribution in [0.4, 0.5) is 9.18 Å². The van der Waals surface area contributed by atoms with Crippen molar-refractivity contribution >= 4 is 17.9 Å². The number of rotatable bonds is 7. The average Bonchev–Trinajstić information content (AvgIpc) is 2.91. The predicted octanol–water partition coefficient (Wildman–Crippen LogP) is 3.42. The number of hydrogen-bond acceptors (Lipinski definition) is 4. The van der Waals surface area contributed by atoms with E-state index in [2.05, 4.69) is 5.32 Å². The minimum atomic E-state index is -0.642. The first-order valence-corrected chi connectivity index (χ1v) is 9.48. The molecule has 6 nitrogen and oxygen atoms in total. The van der Waals surface area contributed by atoms with Crippen LogP contribution in [0.15, 0.2) is 48.5 Å². The Hall–Kier alpha value is -3.22. The van der Waals surface area contributed by atoms with Crippen LogP contribution in [0.2, 0.25) is 0 Å². The number of ether oxygens (including phenoxy) is 1. The van der Waals surface area contributed by atoms with E-state index in [0.717, 1.165) is 4.90 Å². The standard InChI is InChI=1S/C22H23FN2O4/c1-14(2)13-29-22(28)24-17(11-15-6-5-7-16(23)10-15)12-25-20(26)18-8-3-4-9-19(18)21(25)27/h3-10,14,17H,11-13H2,1-2H3,(H,24,28)/t17-/m0/s1. The molecule has 0 bridgehead atoms. The van der Waals surface area contributed by atoms with E-state index in [1.54, 1.807) is 36.4 Å². The number of hydrogen-bond donors (Lipinski definition) is 1. The summed E-state index contributed by atoms with van der Waals surface area (Å²) < 4.78 is 18.7. The molecule has 3 rings (SSSR count). The molecule has 152 valence electrons. The molecule has 3 amide bonds. The van der Waals surface area contributed by atoms with E-state index in [1.807, 2.05) is 13.8 Å². The molecule has 2 aromatic carbocycles. The number of imide groups is 1. The lowest BCUT2D eigenvalue weighted by Crippen LogP contribution is -2.47. The number of carbonyl (C=O) groups excluding carboxylic acids is 3. The highest BCUT2D eigenvalue weighted by molar-refractivity contribution is 6.21. The Labute approximate surface area is 168 Å². The third kappa shape index (κ3) is 4.99. The van der Waals surface area contributed by atoms with Crippen LogP contribution in [0.1, 0.15) is 40.1 Å². The van der Waals surface area contributed by atoms with Gasteiger partial charge in [0, 0.05) is 0 Å². The molecule has 2 aromatic rings. The van der Waals surface area contributed by atoms with E-state index < -0.39 is 29.8 Å². The van der Waals surface area contributed by atoms with Crippen molar-refractivity contribution in [3.05, 3.63) is 71.0 Å². The number of alkyl carbamates (subject to hydrolysis) is 1. The van der Waals surface area contributed by atoms with Gasteiger partial charge in [0.15, 0.2) is 0 Å². The SMILES string of the molecule is CC(C)COC(=O)N[C@@H](Cc1cccc(F)c1)CN1C(=O)c2ccccc2C1=O. The Morgan fingerprint density at radius 1 is 1.07 bits per heavy atom. The van der Waals surface area contributed by atoms with Crippen molar-refractivity contribution in [3.63, 3.8) is 0 Å². The summed E-state index contributed by atoms with van der Waals surface area (Å²) in [4.78, 5) is 38.6. The Morgan fingerprint density at radius 2 is 1.72 bits per heavy atom. The van der Waals surface area contributed by atoms with Gasteiger partial charge in [0.25, 0.3) is 11.8 Å². The molecule has 0 aromatic heterocycles. The minimum Gasteiger partial charge on any atom is -0.449 e. The molecule has 0 unspecified atom stereocenters. The zero-order valence-electron chi connectivity index (χ0n) is 16.4. The number of halogens is 1. The van der Waals surface area contributed by atoms with Gasteiger partial charge in [0.05, 0.1) is 30.3 Å². The molecule has 1 heterocycles. The van der Waals surface area contributed by atoms with Crippen LogP contribution >= 0.6 is 0 Å². The maximum Gasteiger partial charge on any atom is 0.407 e. The van der Waals surface area contributed by atoms with Crippen molar-refractivity contribution in [3.8, 4) is 0 Å². The van der Waals surface area contributed by atoms with Crippen molar-refractivity contribution < 1.29 is 23.5 Å². The molecule has 1 atom stereocenters. The molecule has 0 aliphatic carbocycles. The van der Waals surface area contributed by atoms with Crippen LogP contribution in [0.25, 0.3) is 0 Å². The second-order valence-electron chi connectivity index (χ2n) is 7.43. The van der Waals surface area contributed by atoms with Gasteiger partial charge in [-0.05, 0) is 42.2 Å². The summed E-state index contributed by atoms with van der Waals surface area (Å²) in [5.41, 5.74) is 1.31. The molecule has 0 saturated heterocycles. The molecule has 0 fully saturated rings. The second kappa shape index (κ2) is 8.86. The number of nitrogens with zero attached hydrogens (tertiary/aromatic N) is 1. The van der Waals surface area contributed by atoms with E-state index in [9.17, 15) is 18.8 Å². The summed E-state index contributed by atoms with van der Waals surface area (Å²) in [7, 11) is 0. The number of benzene rings is 2. The fraction of sp³-hybridized carbons (Fsp3) is 0.318. The summed E-state index contributed by atoms with van der Waals surface area (Å²) >= 11 is 0. The Balaban J connectivity index is 1.76. The monoisotopic (exact) mass is 398 g/mol. The lowest BCUT2D eigenvalue weighted by atomic mass is 10.1. The Kier molecular flexibility index (Phi) is 6.26. The maximum atomic E-state index is 13.6. The van der Waals surface area contributed by atoms with Gasteiger partial charge in [0.1, 0.15) is 5.82 Å². The van der Waals surface area contributed by atoms with Crippen LogP contribution < -0.4 is 5.32 Å². The van der Waals surface area contributed by atoms with Crippen LogP contribution in [-0.2, 0) is 11.2 Å². The molecule has 0 radical (unpaired) electrons. The molecule has 29 heavy (non-hydrogen) atoms. The topological polar surface area (TPSA) is 75.7 Å². The zero-order valence-corrected chi connectivity index (χ0v) is 16.4. The van der Waals surface area contributed by atoms with Crippen molar-refractivity contribution in [2.45, 2.75) is 26.3 Å². The van der Waals surface area contributed by atoms with Crippen LogP contribution in [0.3, 0.4) is 0 Å². The second-order valence-corrected chi connectivity index (χ2v) is 7.43. The van der Waals surface area contributed by atoms with Crippen LogP contribution in [0.5, 0.6) is 0 Å². The molecular formula is C22H23FN2O4. The van der Waals surface area contributed by atoms with Gasteiger partial charge in [-0.15, -0.1) is 0 Å². The molecule has 1 aliphatic heterocycles.